The molecule has 0 bridgehead atoms. The van der Waals surface area contributed by atoms with Crippen molar-refractivity contribution < 1.29 is 0 Å². The molecule has 0 aliphatic heterocycles. The Morgan fingerprint density at radius 1 is 1.06 bits per heavy atom. The standard InChI is InChI=1S/C11H14N6/c12-6-7-13-10-14-8-15-11(17-10)16-9-4-2-1-3-5-9/h1-5,8H,6-7,12H2,(H2,13,14,15,16,17). The molecule has 0 spiro atoms. The minimum atomic E-state index is 0.505. The average molecular weight is 230 g/mol. The maximum Gasteiger partial charge on any atom is 0.231 e. The molecule has 0 aliphatic carbocycles. The van der Waals surface area contributed by atoms with Gasteiger partial charge < -0.3 is 16.4 Å². The summed E-state index contributed by atoms with van der Waals surface area (Å²) in [5, 5.41) is 6.08. The summed E-state index contributed by atoms with van der Waals surface area (Å²) in [4.78, 5) is 12.2. The number of nitrogens with zero attached hydrogens (tertiary/aromatic N) is 3. The molecule has 1 heterocycles. The fraction of sp³-hybridized carbons (Fsp3) is 0.182. The van der Waals surface area contributed by atoms with Gasteiger partial charge in [0.15, 0.2) is 0 Å². The number of benzene rings is 1. The molecule has 0 atom stereocenters. The van der Waals surface area contributed by atoms with Crippen LogP contribution in [0.15, 0.2) is 36.7 Å². The maximum absolute atomic E-state index is 5.39. The summed E-state index contributed by atoms with van der Waals surface area (Å²) in [6.07, 6.45) is 1.46. The van der Waals surface area contributed by atoms with Crippen molar-refractivity contribution >= 4 is 17.6 Å². The smallest absolute Gasteiger partial charge is 0.231 e. The van der Waals surface area contributed by atoms with E-state index in [2.05, 4.69) is 25.6 Å². The number of nitrogens with two attached hydrogens (primary N) is 1. The Labute approximate surface area is 99.3 Å². The van der Waals surface area contributed by atoms with E-state index in [1.807, 2.05) is 30.3 Å². The van der Waals surface area contributed by atoms with E-state index in [0.29, 0.717) is 25.0 Å². The highest BCUT2D eigenvalue weighted by molar-refractivity contribution is 5.53. The molecule has 1 aromatic carbocycles. The number of rotatable bonds is 5. The summed E-state index contributed by atoms with van der Waals surface area (Å²) in [7, 11) is 0. The SMILES string of the molecule is NCCNc1ncnc(Nc2ccccc2)n1. The van der Waals surface area contributed by atoms with Crippen molar-refractivity contribution in [3.8, 4) is 0 Å². The summed E-state index contributed by atoms with van der Waals surface area (Å²) in [5.74, 6) is 1.02. The van der Waals surface area contributed by atoms with Crippen LogP contribution in [-0.4, -0.2) is 28.0 Å². The van der Waals surface area contributed by atoms with Crippen LogP contribution in [0.1, 0.15) is 0 Å². The minimum Gasteiger partial charge on any atom is -0.353 e. The van der Waals surface area contributed by atoms with Crippen molar-refractivity contribution in [1.82, 2.24) is 15.0 Å². The zero-order valence-corrected chi connectivity index (χ0v) is 9.30. The predicted molar refractivity (Wildman–Crippen MR) is 67.1 cm³/mol. The van der Waals surface area contributed by atoms with Gasteiger partial charge in [0.1, 0.15) is 6.33 Å². The lowest BCUT2D eigenvalue weighted by atomic mass is 10.3. The van der Waals surface area contributed by atoms with Crippen molar-refractivity contribution in [2.24, 2.45) is 5.73 Å². The van der Waals surface area contributed by atoms with E-state index in [9.17, 15) is 0 Å². The Morgan fingerprint density at radius 3 is 2.59 bits per heavy atom. The Balaban J connectivity index is 2.06. The molecule has 0 amide bonds. The third-order valence-electron chi connectivity index (χ3n) is 2.03. The first-order valence-corrected chi connectivity index (χ1v) is 5.33. The van der Waals surface area contributed by atoms with Crippen LogP contribution in [0.5, 0.6) is 0 Å². The molecule has 0 radical (unpaired) electrons. The molecular weight excluding hydrogens is 216 g/mol. The highest BCUT2D eigenvalue weighted by Gasteiger charge is 1.99. The van der Waals surface area contributed by atoms with Crippen LogP contribution in [0.25, 0.3) is 0 Å². The Morgan fingerprint density at radius 2 is 1.82 bits per heavy atom. The van der Waals surface area contributed by atoms with Crippen molar-refractivity contribution in [3.05, 3.63) is 36.7 Å². The van der Waals surface area contributed by atoms with Crippen LogP contribution >= 0.6 is 0 Å². The first-order chi connectivity index (χ1) is 8.38. The predicted octanol–water partition coefficient (Wildman–Crippen LogP) is 0.986. The van der Waals surface area contributed by atoms with Crippen LogP contribution in [-0.2, 0) is 0 Å². The Hall–Kier alpha value is -2.21. The van der Waals surface area contributed by atoms with Gasteiger partial charge in [0, 0.05) is 18.8 Å². The van der Waals surface area contributed by atoms with E-state index in [1.165, 1.54) is 6.33 Å². The number of hydrogen-bond donors (Lipinski definition) is 3. The van der Waals surface area contributed by atoms with E-state index in [-0.39, 0.29) is 0 Å². The van der Waals surface area contributed by atoms with Gasteiger partial charge in [-0.3, -0.25) is 0 Å². The summed E-state index contributed by atoms with van der Waals surface area (Å²) in [5.41, 5.74) is 6.32. The lowest BCUT2D eigenvalue weighted by Crippen LogP contribution is -2.15. The van der Waals surface area contributed by atoms with Crippen LogP contribution < -0.4 is 16.4 Å². The monoisotopic (exact) mass is 230 g/mol. The molecular formula is C11H14N6. The van der Waals surface area contributed by atoms with Gasteiger partial charge in [-0.1, -0.05) is 18.2 Å². The van der Waals surface area contributed by atoms with Crippen molar-refractivity contribution in [1.29, 1.82) is 0 Å². The lowest BCUT2D eigenvalue weighted by Gasteiger charge is -2.06. The Kier molecular flexibility index (Phi) is 3.82. The van der Waals surface area contributed by atoms with Crippen molar-refractivity contribution in [2.45, 2.75) is 0 Å². The van der Waals surface area contributed by atoms with Crippen LogP contribution in [0, 0.1) is 0 Å². The highest BCUT2D eigenvalue weighted by atomic mass is 15.2. The first-order valence-electron chi connectivity index (χ1n) is 5.33. The summed E-state index contributed by atoms with van der Waals surface area (Å²) in [6, 6.07) is 9.72. The average Bonchev–Trinajstić information content (AvgIpc) is 2.38. The van der Waals surface area contributed by atoms with Crippen molar-refractivity contribution in [3.63, 3.8) is 0 Å². The molecule has 2 aromatic rings. The molecule has 0 fully saturated rings. The number of para-hydroxylation sites is 1. The summed E-state index contributed by atoms with van der Waals surface area (Å²) >= 11 is 0. The van der Waals surface area contributed by atoms with E-state index in [0.717, 1.165) is 5.69 Å². The molecule has 0 saturated heterocycles. The number of anilines is 3. The van der Waals surface area contributed by atoms with Gasteiger partial charge in [0.2, 0.25) is 11.9 Å². The molecule has 1 aromatic heterocycles. The number of aromatic nitrogens is 3. The van der Waals surface area contributed by atoms with Crippen molar-refractivity contribution in [2.75, 3.05) is 23.7 Å². The molecule has 0 unspecified atom stereocenters. The largest absolute Gasteiger partial charge is 0.353 e. The zero-order chi connectivity index (χ0) is 11.9. The van der Waals surface area contributed by atoms with E-state index in [4.69, 9.17) is 5.73 Å². The molecule has 6 heteroatoms. The molecule has 6 nitrogen and oxygen atoms in total. The molecule has 17 heavy (non-hydrogen) atoms. The van der Waals surface area contributed by atoms with E-state index >= 15 is 0 Å². The second-order valence-corrected chi connectivity index (χ2v) is 3.34. The normalized spacial score (nSPS) is 9.94. The van der Waals surface area contributed by atoms with Crippen LogP contribution in [0.3, 0.4) is 0 Å². The number of hydrogen-bond acceptors (Lipinski definition) is 6. The maximum atomic E-state index is 5.39. The van der Waals surface area contributed by atoms with Gasteiger partial charge in [-0.05, 0) is 12.1 Å². The minimum absolute atomic E-state index is 0.505. The third-order valence-corrected chi connectivity index (χ3v) is 2.03. The van der Waals surface area contributed by atoms with E-state index < -0.39 is 0 Å². The molecule has 88 valence electrons. The van der Waals surface area contributed by atoms with E-state index in [1.54, 1.807) is 0 Å². The first kappa shape index (κ1) is 11.3. The third kappa shape index (κ3) is 3.39. The van der Waals surface area contributed by atoms with Gasteiger partial charge in [-0.2, -0.15) is 4.98 Å². The van der Waals surface area contributed by atoms with Gasteiger partial charge in [0.05, 0.1) is 0 Å². The summed E-state index contributed by atoms with van der Waals surface area (Å²) < 4.78 is 0. The van der Waals surface area contributed by atoms with Crippen LogP contribution in [0.4, 0.5) is 17.6 Å². The van der Waals surface area contributed by atoms with Crippen LogP contribution in [0.2, 0.25) is 0 Å². The fourth-order valence-electron chi connectivity index (χ4n) is 1.28. The topological polar surface area (TPSA) is 88.8 Å². The zero-order valence-electron chi connectivity index (χ0n) is 9.30. The summed E-state index contributed by atoms with van der Waals surface area (Å²) in [6.45, 7) is 1.17. The fourth-order valence-corrected chi connectivity index (χ4v) is 1.28. The second-order valence-electron chi connectivity index (χ2n) is 3.34. The van der Waals surface area contributed by atoms with Gasteiger partial charge >= 0.3 is 0 Å². The molecule has 4 N–H and O–H groups in total. The second kappa shape index (κ2) is 5.76. The lowest BCUT2D eigenvalue weighted by molar-refractivity contribution is 0.970. The van der Waals surface area contributed by atoms with Gasteiger partial charge in [0.25, 0.3) is 0 Å². The highest BCUT2D eigenvalue weighted by Crippen LogP contribution is 2.11. The van der Waals surface area contributed by atoms with Gasteiger partial charge in [-0.15, -0.1) is 0 Å². The number of nitrogens with one attached hydrogen (secondary N) is 2. The quantitative estimate of drug-likeness (QED) is 0.709. The molecule has 2 rings (SSSR count). The molecule has 0 aliphatic rings. The molecule has 0 saturated carbocycles. The van der Waals surface area contributed by atoms with Gasteiger partial charge in [-0.25, -0.2) is 9.97 Å². The Bertz CT molecular complexity index is 459.